The van der Waals surface area contributed by atoms with E-state index >= 15 is 0 Å². The predicted molar refractivity (Wildman–Crippen MR) is 159 cm³/mol. The third kappa shape index (κ3) is 8.10. The molecule has 1 fully saturated rings. The highest BCUT2D eigenvalue weighted by Gasteiger charge is 2.35. The van der Waals surface area contributed by atoms with Crippen molar-refractivity contribution < 1.29 is 39.5 Å². The van der Waals surface area contributed by atoms with Crippen molar-refractivity contribution in [2.75, 3.05) is 25.1 Å². The SMILES string of the molecule is CCS(=O)(=O)c1ccc(Cl)cc1Cn1c(=O)[nH]c2c(Cl)c(CN3C[C@@H](CCNS(C)(=O)=O)NC3=O)c(OC(F)(F)F)cc2c1=O. The van der Waals surface area contributed by atoms with Crippen LogP contribution in [0.3, 0.4) is 0 Å². The number of urea groups is 1. The minimum absolute atomic E-state index is 0.00730. The molecule has 2 amide bonds. The van der Waals surface area contributed by atoms with Crippen LogP contribution < -0.4 is 26.0 Å². The number of rotatable bonds is 11. The topological polar surface area (TPSA) is 177 Å². The molecule has 45 heavy (non-hydrogen) atoms. The number of aromatic nitrogens is 2. The van der Waals surface area contributed by atoms with Gasteiger partial charge in [-0.1, -0.05) is 30.1 Å². The number of amides is 2. The number of halogens is 5. The van der Waals surface area contributed by atoms with E-state index < -0.39 is 78.8 Å². The summed E-state index contributed by atoms with van der Waals surface area (Å²) < 4.78 is 95.3. The Hall–Kier alpha value is -3.32. The molecule has 20 heteroatoms. The molecule has 1 aromatic heterocycles. The number of nitrogens with one attached hydrogen (secondary N) is 3. The second-order valence-corrected chi connectivity index (χ2v) is 15.0. The zero-order chi connectivity index (χ0) is 33.5. The largest absolute Gasteiger partial charge is 0.573 e. The molecule has 0 spiro atoms. The maximum Gasteiger partial charge on any atom is 0.573 e. The Balaban J connectivity index is 1.77. The lowest BCUT2D eigenvalue weighted by molar-refractivity contribution is -0.274. The Morgan fingerprint density at radius 3 is 2.40 bits per heavy atom. The average molecular weight is 717 g/mol. The molecule has 1 saturated heterocycles. The summed E-state index contributed by atoms with van der Waals surface area (Å²) in [5, 5.41) is 1.71. The summed E-state index contributed by atoms with van der Waals surface area (Å²) in [4.78, 5) is 42.5. The Morgan fingerprint density at radius 1 is 1.09 bits per heavy atom. The van der Waals surface area contributed by atoms with Crippen LogP contribution in [0.15, 0.2) is 38.8 Å². The number of alkyl halides is 3. The number of aromatic amines is 1. The highest BCUT2D eigenvalue weighted by molar-refractivity contribution is 7.91. The van der Waals surface area contributed by atoms with Gasteiger partial charge in [-0.3, -0.25) is 9.36 Å². The minimum atomic E-state index is -5.25. The van der Waals surface area contributed by atoms with Gasteiger partial charge in [-0.05, 0) is 36.2 Å². The number of benzene rings is 2. The second kappa shape index (κ2) is 12.8. The summed E-state index contributed by atoms with van der Waals surface area (Å²) in [7, 11) is -7.31. The van der Waals surface area contributed by atoms with E-state index in [9.17, 15) is 44.4 Å². The number of sulfone groups is 1. The predicted octanol–water partition coefficient (Wildman–Crippen LogP) is 2.57. The molecule has 1 atom stereocenters. The minimum Gasteiger partial charge on any atom is -0.405 e. The average Bonchev–Trinajstić information content (AvgIpc) is 3.26. The van der Waals surface area contributed by atoms with Crippen molar-refractivity contribution in [1.29, 1.82) is 0 Å². The lowest BCUT2D eigenvalue weighted by Gasteiger charge is -2.21. The number of carbonyl (C=O) groups is 1. The number of H-pyrrole nitrogens is 1. The summed E-state index contributed by atoms with van der Waals surface area (Å²) >= 11 is 12.5. The van der Waals surface area contributed by atoms with E-state index in [1.165, 1.54) is 25.1 Å². The van der Waals surface area contributed by atoms with Gasteiger partial charge < -0.3 is 19.9 Å². The molecule has 3 N–H and O–H groups in total. The first-order valence-corrected chi connectivity index (χ1v) is 17.3. The molecule has 1 aliphatic rings. The smallest absolute Gasteiger partial charge is 0.405 e. The van der Waals surface area contributed by atoms with Crippen molar-refractivity contribution in [2.45, 2.75) is 43.7 Å². The maximum absolute atomic E-state index is 13.5. The van der Waals surface area contributed by atoms with Gasteiger partial charge in [-0.2, -0.15) is 0 Å². The summed E-state index contributed by atoms with van der Waals surface area (Å²) in [5.41, 5.74) is -2.88. The van der Waals surface area contributed by atoms with Crippen LogP contribution in [0, 0.1) is 0 Å². The molecule has 13 nitrogen and oxygen atoms in total. The van der Waals surface area contributed by atoms with Crippen LogP contribution in [-0.4, -0.2) is 74.8 Å². The quantitative estimate of drug-likeness (QED) is 0.271. The molecule has 0 saturated carbocycles. The van der Waals surface area contributed by atoms with Gasteiger partial charge in [0.2, 0.25) is 10.0 Å². The third-order valence-corrected chi connectivity index (χ3v) is 10.0. The van der Waals surface area contributed by atoms with E-state index in [0.717, 1.165) is 17.2 Å². The third-order valence-electron chi connectivity index (χ3n) is 6.83. The van der Waals surface area contributed by atoms with Crippen LogP contribution in [0.5, 0.6) is 5.75 Å². The van der Waals surface area contributed by atoms with Crippen LogP contribution in [0.2, 0.25) is 10.0 Å². The summed E-state index contributed by atoms with van der Waals surface area (Å²) in [6.07, 6.45) is -4.11. The molecule has 0 bridgehead atoms. The van der Waals surface area contributed by atoms with Gasteiger partial charge in [0.1, 0.15) is 5.75 Å². The normalized spacial score (nSPS) is 15.9. The first-order valence-electron chi connectivity index (χ1n) is 13.0. The Bertz CT molecular complexity index is 2000. The molecule has 246 valence electrons. The molecule has 0 aliphatic carbocycles. The fourth-order valence-electron chi connectivity index (χ4n) is 4.75. The second-order valence-electron chi connectivity index (χ2n) is 10.1. The van der Waals surface area contributed by atoms with Gasteiger partial charge in [0.05, 0.1) is 45.9 Å². The Labute approximate surface area is 264 Å². The highest BCUT2D eigenvalue weighted by atomic mass is 35.5. The van der Waals surface area contributed by atoms with Crippen molar-refractivity contribution in [3.8, 4) is 5.75 Å². The molecular weight excluding hydrogens is 690 g/mol. The van der Waals surface area contributed by atoms with Crippen LogP contribution in [0.4, 0.5) is 18.0 Å². The number of sulfonamides is 1. The van der Waals surface area contributed by atoms with Crippen molar-refractivity contribution in [2.24, 2.45) is 0 Å². The first kappa shape index (κ1) is 34.6. The first-order chi connectivity index (χ1) is 20.8. The zero-order valence-electron chi connectivity index (χ0n) is 23.5. The van der Waals surface area contributed by atoms with E-state index in [-0.39, 0.29) is 51.8 Å². The van der Waals surface area contributed by atoms with Crippen LogP contribution in [-0.2, 0) is 33.0 Å². The molecule has 2 aromatic carbocycles. The highest BCUT2D eigenvalue weighted by Crippen LogP contribution is 2.37. The lowest BCUT2D eigenvalue weighted by atomic mass is 10.1. The van der Waals surface area contributed by atoms with E-state index in [2.05, 4.69) is 19.8 Å². The summed E-state index contributed by atoms with van der Waals surface area (Å²) in [6, 6.07) is 3.27. The number of hydrogen-bond donors (Lipinski definition) is 3. The van der Waals surface area contributed by atoms with Gasteiger partial charge >= 0.3 is 18.1 Å². The van der Waals surface area contributed by atoms with Gasteiger partial charge in [0, 0.05) is 29.7 Å². The Morgan fingerprint density at radius 2 is 1.78 bits per heavy atom. The monoisotopic (exact) mass is 715 g/mol. The van der Waals surface area contributed by atoms with E-state index in [0.29, 0.717) is 4.57 Å². The summed E-state index contributed by atoms with van der Waals surface area (Å²) in [5.74, 6) is -1.21. The lowest BCUT2D eigenvalue weighted by Crippen LogP contribution is -2.36. The van der Waals surface area contributed by atoms with Crippen LogP contribution >= 0.6 is 23.2 Å². The maximum atomic E-state index is 13.5. The van der Waals surface area contributed by atoms with Crippen molar-refractivity contribution in [3.63, 3.8) is 0 Å². The van der Waals surface area contributed by atoms with E-state index in [1.807, 2.05) is 0 Å². The standard InChI is InChI=1S/C25H26Cl2F3N5O8S2/c1-3-45(41,42)19-5-4-14(26)8-13(19)10-35-22(36)16-9-18(43-25(28,29)30)17(20(27)21(16)33-24(35)38)12-34-11-15(32-23(34)37)6-7-31-44(2,39)40/h4-5,8-9,15,31H,3,6-7,10-12H2,1-2H3,(H,32,37)(H,33,38)/t15-/m1/s1. The molecule has 3 aromatic rings. The molecule has 1 aliphatic heterocycles. The van der Waals surface area contributed by atoms with Crippen LogP contribution in [0.25, 0.3) is 10.9 Å². The molecule has 0 unspecified atom stereocenters. The Kier molecular flexibility index (Phi) is 9.84. The summed E-state index contributed by atoms with van der Waals surface area (Å²) in [6.45, 7) is 0.217. The molecular formula is C25H26Cl2F3N5O8S2. The number of nitrogens with zero attached hydrogens (tertiary/aromatic N) is 2. The van der Waals surface area contributed by atoms with Crippen LogP contribution in [0.1, 0.15) is 24.5 Å². The molecule has 2 heterocycles. The number of hydrogen-bond acceptors (Lipinski definition) is 8. The van der Waals surface area contributed by atoms with Gasteiger partial charge in [0.25, 0.3) is 5.56 Å². The van der Waals surface area contributed by atoms with Gasteiger partial charge in [-0.25, -0.2) is 31.1 Å². The van der Waals surface area contributed by atoms with Gasteiger partial charge in [0.15, 0.2) is 9.84 Å². The zero-order valence-corrected chi connectivity index (χ0v) is 26.6. The molecule has 4 rings (SSSR count). The van der Waals surface area contributed by atoms with Crippen molar-refractivity contribution in [3.05, 3.63) is 66.3 Å². The van der Waals surface area contributed by atoms with E-state index in [4.69, 9.17) is 23.2 Å². The number of fused-ring (bicyclic) bond motifs is 1. The fourth-order valence-corrected chi connectivity index (χ4v) is 6.84. The number of ether oxygens (including phenoxy) is 1. The van der Waals surface area contributed by atoms with Crippen molar-refractivity contribution >= 4 is 60.0 Å². The molecule has 0 radical (unpaired) electrons. The van der Waals surface area contributed by atoms with E-state index in [1.54, 1.807) is 0 Å². The van der Waals surface area contributed by atoms with Crippen molar-refractivity contribution in [1.82, 2.24) is 24.5 Å². The number of carbonyl (C=O) groups excluding carboxylic acids is 1. The van der Waals surface area contributed by atoms with Gasteiger partial charge in [-0.15, -0.1) is 13.2 Å². The fraction of sp³-hybridized carbons (Fsp3) is 0.400.